The summed E-state index contributed by atoms with van der Waals surface area (Å²) in [5.74, 6) is 0.599. The number of benzene rings is 2. The van der Waals surface area contributed by atoms with Gasteiger partial charge in [0.25, 0.3) is 5.91 Å². The SMILES string of the molecule is COc1ccc(OCCNC(=O)c2ccccc2N/N=C(\C#N)C(=N)N)cc1. The van der Waals surface area contributed by atoms with Crippen LogP contribution in [0.2, 0.25) is 0 Å². The molecule has 0 fully saturated rings. The number of carbonyl (C=O) groups is 1. The highest BCUT2D eigenvalue weighted by atomic mass is 16.5. The van der Waals surface area contributed by atoms with Crippen LogP contribution < -0.4 is 25.9 Å². The number of nitriles is 1. The Morgan fingerprint density at radius 1 is 1.21 bits per heavy atom. The van der Waals surface area contributed by atoms with E-state index in [0.29, 0.717) is 23.5 Å². The molecule has 0 bridgehead atoms. The van der Waals surface area contributed by atoms with E-state index in [-0.39, 0.29) is 18.2 Å². The minimum atomic E-state index is -0.465. The van der Waals surface area contributed by atoms with E-state index in [9.17, 15) is 4.79 Å². The molecule has 0 aliphatic rings. The van der Waals surface area contributed by atoms with Gasteiger partial charge in [-0.2, -0.15) is 10.4 Å². The van der Waals surface area contributed by atoms with Gasteiger partial charge in [0.2, 0.25) is 5.71 Å². The largest absolute Gasteiger partial charge is 0.497 e. The van der Waals surface area contributed by atoms with Gasteiger partial charge >= 0.3 is 0 Å². The molecule has 0 unspecified atom stereocenters. The van der Waals surface area contributed by atoms with Crippen LogP contribution in [0, 0.1) is 16.7 Å². The number of para-hydroxylation sites is 1. The topological polar surface area (TPSA) is 146 Å². The van der Waals surface area contributed by atoms with E-state index in [1.165, 1.54) is 0 Å². The molecule has 0 saturated heterocycles. The van der Waals surface area contributed by atoms with Gasteiger partial charge in [-0.3, -0.25) is 15.6 Å². The van der Waals surface area contributed by atoms with Gasteiger partial charge in [0.1, 0.15) is 24.2 Å². The Bertz CT molecular complexity index is 903. The number of nitrogens with two attached hydrogens (primary N) is 1. The van der Waals surface area contributed by atoms with E-state index < -0.39 is 5.84 Å². The second kappa shape index (κ2) is 10.2. The molecule has 0 radical (unpaired) electrons. The van der Waals surface area contributed by atoms with Crippen molar-refractivity contribution < 1.29 is 14.3 Å². The smallest absolute Gasteiger partial charge is 0.253 e. The number of anilines is 1. The third-order valence-electron chi connectivity index (χ3n) is 3.54. The third kappa shape index (κ3) is 5.74. The first kappa shape index (κ1) is 20.3. The highest BCUT2D eigenvalue weighted by Crippen LogP contribution is 2.17. The van der Waals surface area contributed by atoms with Gasteiger partial charge in [0.05, 0.1) is 24.9 Å². The fraction of sp³-hybridized carbons (Fsp3) is 0.158. The molecule has 0 saturated carbocycles. The fourth-order valence-electron chi connectivity index (χ4n) is 2.14. The first-order valence-electron chi connectivity index (χ1n) is 8.27. The van der Waals surface area contributed by atoms with Crippen LogP contribution in [0.4, 0.5) is 5.69 Å². The number of hydrogen-bond donors (Lipinski definition) is 4. The van der Waals surface area contributed by atoms with Gasteiger partial charge in [-0.25, -0.2) is 0 Å². The first-order valence-corrected chi connectivity index (χ1v) is 8.27. The van der Waals surface area contributed by atoms with E-state index in [4.69, 9.17) is 25.9 Å². The van der Waals surface area contributed by atoms with Gasteiger partial charge in [-0.1, -0.05) is 12.1 Å². The molecule has 144 valence electrons. The van der Waals surface area contributed by atoms with E-state index in [2.05, 4.69) is 15.8 Å². The van der Waals surface area contributed by atoms with Crippen LogP contribution in [0.15, 0.2) is 53.6 Å². The lowest BCUT2D eigenvalue weighted by atomic mass is 10.1. The summed E-state index contributed by atoms with van der Waals surface area (Å²) in [7, 11) is 1.59. The van der Waals surface area contributed by atoms with Crippen molar-refractivity contribution in [3.8, 4) is 17.6 Å². The molecule has 0 atom stereocenters. The van der Waals surface area contributed by atoms with Crippen molar-refractivity contribution in [3.63, 3.8) is 0 Å². The summed E-state index contributed by atoms with van der Waals surface area (Å²) in [6, 6.07) is 15.5. The summed E-state index contributed by atoms with van der Waals surface area (Å²) in [5, 5.41) is 22.6. The van der Waals surface area contributed by atoms with Crippen LogP contribution >= 0.6 is 0 Å². The summed E-state index contributed by atoms with van der Waals surface area (Å²) in [5.41, 5.74) is 8.27. The van der Waals surface area contributed by atoms with E-state index in [1.54, 1.807) is 61.7 Å². The maximum absolute atomic E-state index is 12.4. The van der Waals surface area contributed by atoms with Gasteiger partial charge in [-0.05, 0) is 36.4 Å². The number of hydrogen-bond acceptors (Lipinski definition) is 7. The molecule has 1 amide bonds. The predicted octanol–water partition coefficient (Wildman–Crippen LogP) is 1.73. The Morgan fingerprint density at radius 2 is 1.89 bits per heavy atom. The van der Waals surface area contributed by atoms with Crippen LogP contribution in [0.25, 0.3) is 0 Å². The lowest BCUT2D eigenvalue weighted by Gasteiger charge is -2.11. The third-order valence-corrected chi connectivity index (χ3v) is 3.54. The molecule has 28 heavy (non-hydrogen) atoms. The summed E-state index contributed by atoms with van der Waals surface area (Å²) >= 11 is 0. The molecular formula is C19H20N6O3. The van der Waals surface area contributed by atoms with Crippen molar-refractivity contribution in [2.45, 2.75) is 0 Å². The monoisotopic (exact) mass is 380 g/mol. The second-order valence-corrected chi connectivity index (χ2v) is 5.42. The van der Waals surface area contributed by atoms with Crippen molar-refractivity contribution in [1.29, 1.82) is 10.7 Å². The number of amidine groups is 1. The van der Waals surface area contributed by atoms with Gasteiger partial charge in [-0.15, -0.1) is 0 Å². The lowest BCUT2D eigenvalue weighted by molar-refractivity contribution is 0.0948. The molecule has 2 aromatic rings. The van der Waals surface area contributed by atoms with Crippen LogP contribution in [0.1, 0.15) is 10.4 Å². The van der Waals surface area contributed by atoms with Crippen LogP contribution in [0.5, 0.6) is 11.5 Å². The Balaban J connectivity index is 1.91. The fourth-order valence-corrected chi connectivity index (χ4v) is 2.14. The van der Waals surface area contributed by atoms with Crippen LogP contribution in [0.3, 0.4) is 0 Å². The standard InChI is InChI=1S/C19H20N6O3/c1-27-13-6-8-14(9-7-13)28-11-10-23-19(26)15-4-2-3-5-16(15)24-25-17(12-20)18(21)22/h2-9,24H,10-11H2,1H3,(H3,21,22)(H,23,26)/b25-17+. The van der Waals surface area contributed by atoms with Crippen molar-refractivity contribution in [2.24, 2.45) is 10.8 Å². The van der Waals surface area contributed by atoms with Crippen LogP contribution in [-0.4, -0.2) is 37.7 Å². The Morgan fingerprint density at radius 3 is 2.54 bits per heavy atom. The van der Waals surface area contributed by atoms with E-state index in [0.717, 1.165) is 5.75 Å². The average molecular weight is 380 g/mol. The van der Waals surface area contributed by atoms with Crippen molar-refractivity contribution in [3.05, 3.63) is 54.1 Å². The first-order chi connectivity index (χ1) is 13.5. The highest BCUT2D eigenvalue weighted by molar-refractivity contribution is 6.45. The van der Waals surface area contributed by atoms with Crippen molar-refractivity contribution in [2.75, 3.05) is 25.7 Å². The number of ether oxygens (including phenoxy) is 2. The summed E-state index contributed by atoms with van der Waals surface area (Å²) in [6.07, 6.45) is 0. The molecular weight excluding hydrogens is 360 g/mol. The molecule has 0 heterocycles. The maximum atomic E-state index is 12.4. The second-order valence-electron chi connectivity index (χ2n) is 5.42. The average Bonchev–Trinajstić information content (AvgIpc) is 2.72. The number of carbonyl (C=O) groups excluding carboxylic acids is 1. The van der Waals surface area contributed by atoms with Crippen LogP contribution in [-0.2, 0) is 0 Å². The molecule has 9 nitrogen and oxygen atoms in total. The van der Waals surface area contributed by atoms with Gasteiger partial charge < -0.3 is 20.5 Å². The number of rotatable bonds is 9. The summed E-state index contributed by atoms with van der Waals surface area (Å²) in [4.78, 5) is 12.4. The Labute approximate surface area is 162 Å². The predicted molar refractivity (Wildman–Crippen MR) is 106 cm³/mol. The zero-order chi connectivity index (χ0) is 20.4. The van der Waals surface area contributed by atoms with E-state index >= 15 is 0 Å². The molecule has 0 aromatic heterocycles. The Kier molecular flexibility index (Phi) is 7.36. The normalized spacial score (nSPS) is 10.5. The Hall–Kier alpha value is -4.06. The van der Waals surface area contributed by atoms with Crippen molar-refractivity contribution in [1.82, 2.24) is 5.32 Å². The number of amides is 1. The molecule has 0 spiro atoms. The molecule has 0 aliphatic heterocycles. The summed E-state index contributed by atoms with van der Waals surface area (Å²) in [6.45, 7) is 0.577. The quantitative estimate of drug-likeness (QED) is 0.226. The van der Waals surface area contributed by atoms with Crippen molar-refractivity contribution >= 4 is 23.1 Å². The number of methoxy groups -OCH3 is 1. The molecule has 2 aromatic carbocycles. The molecule has 0 aliphatic carbocycles. The zero-order valence-corrected chi connectivity index (χ0v) is 15.2. The molecule has 2 rings (SSSR count). The number of nitrogens with zero attached hydrogens (tertiary/aromatic N) is 2. The minimum Gasteiger partial charge on any atom is -0.497 e. The molecule has 9 heteroatoms. The van der Waals surface area contributed by atoms with Gasteiger partial charge in [0.15, 0.2) is 5.84 Å². The highest BCUT2D eigenvalue weighted by Gasteiger charge is 2.11. The van der Waals surface area contributed by atoms with E-state index in [1.807, 2.05) is 0 Å². The lowest BCUT2D eigenvalue weighted by Crippen LogP contribution is -2.28. The number of nitrogens with one attached hydrogen (secondary N) is 3. The maximum Gasteiger partial charge on any atom is 0.253 e. The zero-order valence-electron chi connectivity index (χ0n) is 15.2. The van der Waals surface area contributed by atoms with Gasteiger partial charge in [0, 0.05) is 0 Å². The minimum absolute atomic E-state index is 0.275. The number of hydrazone groups is 1. The summed E-state index contributed by atoms with van der Waals surface area (Å²) < 4.78 is 10.6. The molecule has 5 N–H and O–H groups in total.